The van der Waals surface area contributed by atoms with Crippen molar-refractivity contribution in [2.45, 2.75) is 6.92 Å². The highest BCUT2D eigenvalue weighted by Crippen LogP contribution is 2.29. The number of amides is 1. The lowest BCUT2D eigenvalue weighted by Crippen LogP contribution is -2.05. The second-order valence-corrected chi connectivity index (χ2v) is 4.70. The summed E-state index contributed by atoms with van der Waals surface area (Å²) in [6.45, 7) is 1.49. The molecule has 1 N–H and O–H groups in total. The molecule has 0 atom stereocenters. The molecule has 20 heavy (non-hydrogen) atoms. The fourth-order valence-electron chi connectivity index (χ4n) is 2.34. The molecule has 2 nitrogen and oxygen atoms in total. The minimum atomic E-state index is -0.0841. The second-order valence-electron chi connectivity index (χ2n) is 4.70. The molecule has 3 aromatic carbocycles. The van der Waals surface area contributed by atoms with Crippen molar-refractivity contribution >= 4 is 22.4 Å². The third-order valence-corrected chi connectivity index (χ3v) is 3.22. The molecule has 2 heteroatoms. The Balaban J connectivity index is 2.05. The van der Waals surface area contributed by atoms with E-state index in [1.807, 2.05) is 30.3 Å². The number of carbonyl (C=O) groups excluding carboxylic acids is 1. The number of benzene rings is 3. The number of hydrogen-bond donors (Lipinski definition) is 1. The first-order valence-electron chi connectivity index (χ1n) is 6.51. The smallest absolute Gasteiger partial charge is 0.221 e. The number of fused-ring (bicyclic) bond motifs is 1. The van der Waals surface area contributed by atoms with Gasteiger partial charge in [0.1, 0.15) is 0 Å². The normalized spacial score (nSPS) is 10.4. The standard InChI is InChI=1S/C18H14NO/c1-13(20)19-16-11-9-15(10-12-16)18-8-4-6-14-5-2-3-7-17(14)18/h2-11H,1H3,(H,19,20). The summed E-state index contributed by atoms with van der Waals surface area (Å²) in [4.78, 5) is 11.0. The molecule has 0 aliphatic carbocycles. The third-order valence-electron chi connectivity index (χ3n) is 3.22. The fourth-order valence-corrected chi connectivity index (χ4v) is 2.34. The van der Waals surface area contributed by atoms with Crippen molar-refractivity contribution in [2.24, 2.45) is 0 Å². The number of carbonyl (C=O) groups is 1. The second kappa shape index (κ2) is 5.17. The van der Waals surface area contributed by atoms with E-state index in [1.54, 1.807) is 0 Å². The van der Waals surface area contributed by atoms with Gasteiger partial charge in [-0.25, -0.2) is 0 Å². The van der Waals surface area contributed by atoms with Gasteiger partial charge < -0.3 is 5.32 Å². The van der Waals surface area contributed by atoms with E-state index in [-0.39, 0.29) is 5.91 Å². The van der Waals surface area contributed by atoms with E-state index in [1.165, 1.54) is 23.3 Å². The lowest BCUT2D eigenvalue weighted by atomic mass is 9.98. The molecule has 0 heterocycles. The molecule has 0 aliphatic rings. The highest BCUT2D eigenvalue weighted by atomic mass is 16.1. The average Bonchev–Trinajstić information content (AvgIpc) is 2.47. The van der Waals surface area contributed by atoms with Gasteiger partial charge in [-0.3, -0.25) is 4.79 Å². The highest BCUT2D eigenvalue weighted by Gasteiger charge is 2.03. The maximum absolute atomic E-state index is 11.0. The minimum Gasteiger partial charge on any atom is -0.326 e. The molecule has 0 spiro atoms. The molecule has 0 fully saturated rings. The first kappa shape index (κ1) is 12.4. The molecule has 0 aromatic heterocycles. The summed E-state index contributed by atoms with van der Waals surface area (Å²) in [5.41, 5.74) is 2.96. The zero-order valence-corrected chi connectivity index (χ0v) is 11.2. The first-order chi connectivity index (χ1) is 9.74. The van der Waals surface area contributed by atoms with Crippen LogP contribution < -0.4 is 5.32 Å². The van der Waals surface area contributed by atoms with E-state index in [0.717, 1.165) is 5.56 Å². The Bertz CT molecular complexity index is 754. The van der Waals surface area contributed by atoms with Gasteiger partial charge in [0.2, 0.25) is 5.91 Å². The SMILES string of the molecule is CC(=O)Nc1[c]cc(-c2cccc3ccccc23)cc1. The Kier molecular flexibility index (Phi) is 3.21. The largest absolute Gasteiger partial charge is 0.326 e. The highest BCUT2D eigenvalue weighted by molar-refractivity contribution is 5.97. The summed E-state index contributed by atoms with van der Waals surface area (Å²) in [5.74, 6) is -0.0841. The molecule has 0 bridgehead atoms. The first-order valence-corrected chi connectivity index (χ1v) is 6.51. The van der Waals surface area contributed by atoms with Crippen LogP contribution in [0.3, 0.4) is 0 Å². The van der Waals surface area contributed by atoms with E-state index in [2.05, 4.69) is 41.7 Å². The Morgan fingerprint density at radius 3 is 2.55 bits per heavy atom. The van der Waals surface area contributed by atoms with Crippen molar-refractivity contribution in [2.75, 3.05) is 5.32 Å². The van der Waals surface area contributed by atoms with Gasteiger partial charge in [0, 0.05) is 18.7 Å². The third kappa shape index (κ3) is 2.41. The van der Waals surface area contributed by atoms with Crippen LogP contribution in [0.4, 0.5) is 5.69 Å². The van der Waals surface area contributed by atoms with Crippen molar-refractivity contribution < 1.29 is 4.79 Å². The van der Waals surface area contributed by atoms with Gasteiger partial charge >= 0.3 is 0 Å². The van der Waals surface area contributed by atoms with Gasteiger partial charge in [-0.05, 0) is 34.0 Å². The van der Waals surface area contributed by atoms with Crippen molar-refractivity contribution in [3.05, 3.63) is 66.7 Å². The zero-order chi connectivity index (χ0) is 13.9. The summed E-state index contributed by atoms with van der Waals surface area (Å²) >= 11 is 0. The Labute approximate surface area is 118 Å². The van der Waals surface area contributed by atoms with Gasteiger partial charge in [-0.2, -0.15) is 0 Å². The van der Waals surface area contributed by atoms with Crippen molar-refractivity contribution in [3.63, 3.8) is 0 Å². The molecule has 3 rings (SSSR count). The Morgan fingerprint density at radius 1 is 1.00 bits per heavy atom. The van der Waals surface area contributed by atoms with E-state index in [0.29, 0.717) is 5.69 Å². The molecular weight excluding hydrogens is 246 g/mol. The fraction of sp³-hybridized carbons (Fsp3) is 0.0556. The summed E-state index contributed by atoms with van der Waals surface area (Å²) in [6.07, 6.45) is 0. The van der Waals surface area contributed by atoms with Crippen LogP contribution in [0, 0.1) is 6.07 Å². The van der Waals surface area contributed by atoms with Crippen molar-refractivity contribution in [3.8, 4) is 11.1 Å². The van der Waals surface area contributed by atoms with Gasteiger partial charge in [0.15, 0.2) is 0 Å². The molecule has 97 valence electrons. The summed E-state index contributed by atoms with van der Waals surface area (Å²) in [5, 5.41) is 5.16. The summed E-state index contributed by atoms with van der Waals surface area (Å²) in [6, 6.07) is 23.5. The van der Waals surface area contributed by atoms with E-state index >= 15 is 0 Å². The maximum Gasteiger partial charge on any atom is 0.221 e. The lowest BCUT2D eigenvalue weighted by Gasteiger charge is -2.08. The lowest BCUT2D eigenvalue weighted by molar-refractivity contribution is -0.114. The van der Waals surface area contributed by atoms with Gasteiger partial charge in [-0.1, -0.05) is 48.5 Å². The Hall–Kier alpha value is -2.61. The minimum absolute atomic E-state index is 0.0841. The molecular formula is C18H14NO. The van der Waals surface area contributed by atoms with Crippen LogP contribution in [-0.4, -0.2) is 5.91 Å². The van der Waals surface area contributed by atoms with Gasteiger partial charge in [0.25, 0.3) is 0 Å². The predicted molar refractivity (Wildman–Crippen MR) is 82.5 cm³/mol. The van der Waals surface area contributed by atoms with Crippen LogP contribution in [-0.2, 0) is 4.79 Å². The average molecular weight is 260 g/mol. The van der Waals surface area contributed by atoms with Crippen LogP contribution >= 0.6 is 0 Å². The molecule has 0 unspecified atom stereocenters. The van der Waals surface area contributed by atoms with Gasteiger partial charge in [0.05, 0.1) is 0 Å². The molecule has 0 aliphatic heterocycles. The predicted octanol–water partition coefficient (Wildman–Crippen LogP) is 4.27. The van der Waals surface area contributed by atoms with E-state index < -0.39 is 0 Å². The quantitative estimate of drug-likeness (QED) is 0.732. The van der Waals surface area contributed by atoms with E-state index in [4.69, 9.17) is 0 Å². The Morgan fingerprint density at radius 2 is 1.80 bits per heavy atom. The molecule has 1 amide bonds. The monoisotopic (exact) mass is 260 g/mol. The van der Waals surface area contributed by atoms with Crippen LogP contribution in [0.1, 0.15) is 6.92 Å². The zero-order valence-electron chi connectivity index (χ0n) is 11.2. The molecule has 1 radical (unpaired) electrons. The van der Waals surface area contributed by atoms with Crippen LogP contribution in [0.5, 0.6) is 0 Å². The number of nitrogens with one attached hydrogen (secondary N) is 1. The maximum atomic E-state index is 11.0. The van der Waals surface area contributed by atoms with Crippen molar-refractivity contribution in [1.29, 1.82) is 0 Å². The topological polar surface area (TPSA) is 29.1 Å². The summed E-state index contributed by atoms with van der Waals surface area (Å²) in [7, 11) is 0. The van der Waals surface area contributed by atoms with E-state index in [9.17, 15) is 4.79 Å². The molecule has 0 saturated heterocycles. The van der Waals surface area contributed by atoms with Crippen LogP contribution in [0.15, 0.2) is 60.7 Å². The molecule has 3 aromatic rings. The van der Waals surface area contributed by atoms with Crippen LogP contribution in [0.25, 0.3) is 21.9 Å². The summed E-state index contributed by atoms with van der Waals surface area (Å²) < 4.78 is 0. The number of anilines is 1. The number of rotatable bonds is 2. The van der Waals surface area contributed by atoms with Crippen LogP contribution in [0.2, 0.25) is 0 Å². The number of hydrogen-bond acceptors (Lipinski definition) is 1. The van der Waals surface area contributed by atoms with Gasteiger partial charge in [-0.15, -0.1) is 0 Å². The van der Waals surface area contributed by atoms with Crippen molar-refractivity contribution in [1.82, 2.24) is 0 Å². The molecule has 0 saturated carbocycles.